The molecule has 0 aliphatic heterocycles. The van der Waals surface area contributed by atoms with Crippen molar-refractivity contribution in [2.75, 3.05) is 6.61 Å². The molecule has 0 atom stereocenters. The lowest BCUT2D eigenvalue weighted by atomic mass is 10.1. The summed E-state index contributed by atoms with van der Waals surface area (Å²) >= 11 is 2.79. The smallest absolute Gasteiger partial charge is 0.299 e. The van der Waals surface area contributed by atoms with Crippen LogP contribution in [0.25, 0.3) is 0 Å². The van der Waals surface area contributed by atoms with E-state index in [1.165, 1.54) is 12.1 Å². The fourth-order valence-corrected chi connectivity index (χ4v) is 1.56. The number of hydrogen-bond acceptors (Lipinski definition) is 1. The molecule has 5 heteroatoms. The molecule has 13 heavy (non-hydrogen) atoms. The SMILES string of the molecule is OCC(F)(F)c1c(F)cccc1Br. The third-order valence-electron chi connectivity index (χ3n) is 1.53. The number of hydrogen-bond donors (Lipinski definition) is 1. The minimum Gasteiger partial charge on any atom is -0.390 e. The van der Waals surface area contributed by atoms with Gasteiger partial charge in [-0.2, -0.15) is 8.78 Å². The summed E-state index contributed by atoms with van der Waals surface area (Å²) in [5, 5.41) is 8.36. The Bertz CT molecular complexity index is 294. The highest BCUT2D eigenvalue weighted by Crippen LogP contribution is 2.34. The fourth-order valence-electron chi connectivity index (χ4n) is 0.926. The zero-order valence-electron chi connectivity index (χ0n) is 6.40. The van der Waals surface area contributed by atoms with Crippen LogP contribution >= 0.6 is 15.9 Å². The first-order valence-electron chi connectivity index (χ1n) is 3.42. The molecular weight excluding hydrogens is 249 g/mol. The molecule has 0 radical (unpaired) electrons. The maximum atomic E-state index is 12.9. The van der Waals surface area contributed by atoms with Crippen LogP contribution in [0.5, 0.6) is 0 Å². The van der Waals surface area contributed by atoms with Crippen molar-refractivity contribution in [3.05, 3.63) is 34.1 Å². The Labute approximate surface area is 81.3 Å². The predicted octanol–water partition coefficient (Wildman–Crippen LogP) is 2.67. The second-order valence-electron chi connectivity index (χ2n) is 2.46. The molecule has 1 N–H and O–H groups in total. The van der Waals surface area contributed by atoms with E-state index in [9.17, 15) is 13.2 Å². The number of aliphatic hydroxyl groups is 1. The quantitative estimate of drug-likeness (QED) is 0.861. The van der Waals surface area contributed by atoms with Crippen molar-refractivity contribution in [3.63, 3.8) is 0 Å². The van der Waals surface area contributed by atoms with Gasteiger partial charge in [-0.1, -0.05) is 22.0 Å². The van der Waals surface area contributed by atoms with E-state index in [4.69, 9.17) is 5.11 Å². The Kier molecular flexibility index (Phi) is 2.98. The predicted molar refractivity (Wildman–Crippen MR) is 45.1 cm³/mol. The van der Waals surface area contributed by atoms with Gasteiger partial charge in [-0.3, -0.25) is 0 Å². The molecule has 0 saturated heterocycles. The summed E-state index contributed by atoms with van der Waals surface area (Å²) in [7, 11) is 0. The molecular formula is C8H6BrF3O. The van der Waals surface area contributed by atoms with Crippen LogP contribution in [0.4, 0.5) is 13.2 Å². The molecule has 0 aliphatic carbocycles. The first-order valence-corrected chi connectivity index (χ1v) is 4.21. The molecule has 0 heterocycles. The molecule has 1 nitrogen and oxygen atoms in total. The minimum absolute atomic E-state index is 0.0495. The first kappa shape index (κ1) is 10.5. The standard InChI is InChI=1S/C8H6BrF3O/c9-5-2-1-3-6(10)7(5)8(11,12)4-13/h1-3,13H,4H2. The zero-order chi connectivity index (χ0) is 10.1. The number of rotatable bonds is 2. The van der Waals surface area contributed by atoms with Crippen LogP contribution in [-0.4, -0.2) is 11.7 Å². The molecule has 0 bridgehead atoms. The molecule has 0 aliphatic rings. The van der Waals surface area contributed by atoms with Crippen LogP contribution in [-0.2, 0) is 5.92 Å². The minimum atomic E-state index is -3.55. The number of halogens is 4. The summed E-state index contributed by atoms with van der Waals surface area (Å²) in [5.74, 6) is -4.59. The largest absolute Gasteiger partial charge is 0.390 e. The Hall–Kier alpha value is -0.550. The van der Waals surface area contributed by atoms with Gasteiger partial charge < -0.3 is 5.11 Å². The Morgan fingerprint density at radius 3 is 2.46 bits per heavy atom. The van der Waals surface area contributed by atoms with Crippen molar-refractivity contribution in [3.8, 4) is 0 Å². The molecule has 1 rings (SSSR count). The van der Waals surface area contributed by atoms with Crippen LogP contribution < -0.4 is 0 Å². The Morgan fingerprint density at radius 1 is 1.38 bits per heavy atom. The lowest BCUT2D eigenvalue weighted by molar-refractivity contribution is -0.0589. The summed E-state index contributed by atoms with van der Waals surface area (Å²) in [5.41, 5.74) is -0.808. The highest BCUT2D eigenvalue weighted by molar-refractivity contribution is 9.10. The monoisotopic (exact) mass is 254 g/mol. The molecule has 1 aromatic rings. The van der Waals surface area contributed by atoms with E-state index in [1.807, 2.05) is 0 Å². The second-order valence-corrected chi connectivity index (χ2v) is 3.31. The highest BCUT2D eigenvalue weighted by atomic mass is 79.9. The van der Waals surface area contributed by atoms with Crippen molar-refractivity contribution in [2.24, 2.45) is 0 Å². The molecule has 0 aromatic heterocycles. The Morgan fingerprint density at radius 2 is 2.00 bits per heavy atom. The van der Waals surface area contributed by atoms with Gasteiger partial charge in [-0.15, -0.1) is 0 Å². The van der Waals surface area contributed by atoms with Crippen molar-refractivity contribution < 1.29 is 18.3 Å². The van der Waals surface area contributed by atoms with Crippen LogP contribution in [0, 0.1) is 5.82 Å². The third-order valence-corrected chi connectivity index (χ3v) is 2.19. The van der Waals surface area contributed by atoms with E-state index >= 15 is 0 Å². The molecule has 72 valence electrons. The lowest BCUT2D eigenvalue weighted by Crippen LogP contribution is -2.20. The van der Waals surface area contributed by atoms with Gasteiger partial charge in [0, 0.05) is 4.47 Å². The van der Waals surface area contributed by atoms with E-state index in [0.717, 1.165) is 6.07 Å². The van der Waals surface area contributed by atoms with Crippen LogP contribution in [0.3, 0.4) is 0 Å². The maximum absolute atomic E-state index is 12.9. The van der Waals surface area contributed by atoms with Crippen LogP contribution in [0.15, 0.2) is 22.7 Å². The summed E-state index contributed by atoms with van der Waals surface area (Å²) < 4.78 is 38.6. The van der Waals surface area contributed by atoms with Crippen molar-refractivity contribution in [1.29, 1.82) is 0 Å². The number of aliphatic hydroxyl groups excluding tert-OH is 1. The van der Waals surface area contributed by atoms with Gasteiger partial charge in [0.2, 0.25) is 0 Å². The average molecular weight is 255 g/mol. The number of alkyl halides is 2. The second kappa shape index (κ2) is 3.67. The van der Waals surface area contributed by atoms with Gasteiger partial charge in [-0.05, 0) is 12.1 Å². The third kappa shape index (κ3) is 2.03. The summed E-state index contributed by atoms with van der Waals surface area (Å²) in [4.78, 5) is 0. The summed E-state index contributed by atoms with van der Waals surface area (Å²) in [6.45, 7) is -1.41. The normalized spacial score (nSPS) is 11.8. The van der Waals surface area contributed by atoms with E-state index in [0.29, 0.717) is 0 Å². The molecule has 0 unspecified atom stereocenters. The van der Waals surface area contributed by atoms with E-state index in [1.54, 1.807) is 0 Å². The molecule has 0 spiro atoms. The van der Waals surface area contributed by atoms with E-state index in [-0.39, 0.29) is 4.47 Å². The number of benzene rings is 1. The van der Waals surface area contributed by atoms with Gasteiger partial charge in [0.1, 0.15) is 12.4 Å². The Balaban J connectivity index is 3.28. The molecule has 0 amide bonds. The summed E-state index contributed by atoms with van der Waals surface area (Å²) in [6, 6.07) is 3.52. The van der Waals surface area contributed by atoms with Gasteiger partial charge in [0.05, 0.1) is 5.56 Å². The zero-order valence-corrected chi connectivity index (χ0v) is 7.98. The van der Waals surface area contributed by atoms with Gasteiger partial charge in [0.15, 0.2) is 0 Å². The molecule has 0 saturated carbocycles. The lowest BCUT2D eigenvalue weighted by Gasteiger charge is -2.15. The molecule has 0 fully saturated rings. The van der Waals surface area contributed by atoms with Crippen LogP contribution in [0.1, 0.15) is 5.56 Å². The van der Waals surface area contributed by atoms with Gasteiger partial charge >= 0.3 is 0 Å². The van der Waals surface area contributed by atoms with E-state index in [2.05, 4.69) is 15.9 Å². The van der Waals surface area contributed by atoms with Crippen LogP contribution in [0.2, 0.25) is 0 Å². The van der Waals surface area contributed by atoms with Gasteiger partial charge in [0.25, 0.3) is 5.92 Å². The van der Waals surface area contributed by atoms with Crippen molar-refractivity contribution in [2.45, 2.75) is 5.92 Å². The summed E-state index contributed by atoms with van der Waals surface area (Å²) in [6.07, 6.45) is 0. The van der Waals surface area contributed by atoms with E-state index < -0.39 is 23.9 Å². The topological polar surface area (TPSA) is 20.2 Å². The van der Waals surface area contributed by atoms with Crippen molar-refractivity contribution >= 4 is 15.9 Å². The van der Waals surface area contributed by atoms with Gasteiger partial charge in [-0.25, -0.2) is 4.39 Å². The fraction of sp³-hybridized carbons (Fsp3) is 0.250. The van der Waals surface area contributed by atoms with Crippen molar-refractivity contribution in [1.82, 2.24) is 0 Å². The molecule has 1 aromatic carbocycles. The maximum Gasteiger partial charge on any atom is 0.299 e. The average Bonchev–Trinajstić information content (AvgIpc) is 2.03. The first-order chi connectivity index (χ1) is 5.99. The highest BCUT2D eigenvalue weighted by Gasteiger charge is 2.35.